The molecule has 2 aromatic rings. The van der Waals surface area contributed by atoms with Crippen molar-refractivity contribution in [2.24, 2.45) is 7.05 Å². The van der Waals surface area contributed by atoms with Gasteiger partial charge in [0.05, 0.1) is 11.0 Å². The molecule has 3 nitrogen and oxygen atoms in total. The van der Waals surface area contributed by atoms with E-state index in [-0.39, 0.29) is 0 Å². The van der Waals surface area contributed by atoms with Gasteiger partial charge < -0.3 is 9.88 Å². The van der Waals surface area contributed by atoms with Crippen molar-refractivity contribution in [3.8, 4) is 0 Å². The van der Waals surface area contributed by atoms with Crippen LogP contribution in [0.25, 0.3) is 11.0 Å². The van der Waals surface area contributed by atoms with Crippen LogP contribution in [0.15, 0.2) is 24.3 Å². The molecular formula is C13H17N3. The number of para-hydroxylation sites is 2. The Bertz CT molecular complexity index is 495. The number of hydrogen-bond acceptors (Lipinski definition) is 2. The molecule has 1 N–H and O–H groups in total. The fraction of sp³-hybridized carbons (Fsp3) is 0.462. The number of aryl methyl sites for hydroxylation is 1. The van der Waals surface area contributed by atoms with Gasteiger partial charge >= 0.3 is 0 Å². The number of benzene rings is 1. The average Bonchev–Trinajstić information content (AvgIpc) is 2.69. The first kappa shape index (κ1) is 9.85. The monoisotopic (exact) mass is 215 g/mol. The van der Waals surface area contributed by atoms with Crippen molar-refractivity contribution < 1.29 is 0 Å². The molecule has 1 saturated heterocycles. The van der Waals surface area contributed by atoms with E-state index >= 15 is 0 Å². The van der Waals surface area contributed by atoms with Crippen LogP contribution in [0.2, 0.25) is 0 Å². The number of hydrogen-bond donors (Lipinski definition) is 1. The largest absolute Gasteiger partial charge is 0.331 e. The van der Waals surface area contributed by atoms with Gasteiger partial charge in [-0.25, -0.2) is 4.98 Å². The van der Waals surface area contributed by atoms with Gasteiger partial charge in [-0.2, -0.15) is 0 Å². The van der Waals surface area contributed by atoms with Gasteiger partial charge in [0.2, 0.25) is 0 Å². The number of rotatable bonds is 1. The topological polar surface area (TPSA) is 29.9 Å². The summed E-state index contributed by atoms with van der Waals surface area (Å²) in [5, 5.41) is 3.45. The summed E-state index contributed by atoms with van der Waals surface area (Å²) in [6.45, 7) is 2.22. The third-order valence-electron chi connectivity index (χ3n) is 3.48. The summed E-state index contributed by atoms with van der Waals surface area (Å²) in [4.78, 5) is 4.76. The number of fused-ring (bicyclic) bond motifs is 1. The number of imidazole rings is 1. The highest BCUT2D eigenvalue weighted by Gasteiger charge is 2.20. The molecule has 1 fully saturated rings. The Morgan fingerprint density at radius 2 is 2.25 bits per heavy atom. The lowest BCUT2D eigenvalue weighted by atomic mass is 9.99. The van der Waals surface area contributed by atoms with Gasteiger partial charge in [-0.3, -0.25) is 0 Å². The maximum atomic E-state index is 4.76. The number of nitrogens with zero attached hydrogens (tertiary/aromatic N) is 2. The third kappa shape index (κ3) is 1.52. The molecule has 84 valence electrons. The fourth-order valence-electron chi connectivity index (χ4n) is 2.60. The second-order valence-corrected chi connectivity index (χ2v) is 4.56. The molecule has 0 amide bonds. The first-order valence-electron chi connectivity index (χ1n) is 5.98. The Hall–Kier alpha value is -1.35. The summed E-state index contributed by atoms with van der Waals surface area (Å²) < 4.78 is 2.24. The minimum Gasteiger partial charge on any atom is -0.331 e. The zero-order valence-electron chi connectivity index (χ0n) is 9.61. The molecule has 3 rings (SSSR count). The number of nitrogens with one attached hydrogen (secondary N) is 1. The van der Waals surface area contributed by atoms with Gasteiger partial charge in [0.15, 0.2) is 0 Å². The highest BCUT2D eigenvalue weighted by Crippen LogP contribution is 2.25. The van der Waals surface area contributed by atoms with Gasteiger partial charge in [-0.1, -0.05) is 12.1 Å². The lowest BCUT2D eigenvalue weighted by molar-refractivity contribution is 0.440. The van der Waals surface area contributed by atoms with Crippen molar-refractivity contribution in [1.82, 2.24) is 14.9 Å². The quantitative estimate of drug-likeness (QED) is 0.789. The summed E-state index contributed by atoms with van der Waals surface area (Å²) in [5.41, 5.74) is 2.36. The summed E-state index contributed by atoms with van der Waals surface area (Å²) in [6, 6.07) is 8.36. The molecule has 1 atom stereocenters. The molecule has 0 saturated carbocycles. The molecule has 0 bridgehead atoms. The molecule has 1 aromatic carbocycles. The van der Waals surface area contributed by atoms with Crippen molar-refractivity contribution >= 4 is 11.0 Å². The van der Waals surface area contributed by atoms with E-state index in [9.17, 15) is 0 Å². The normalized spacial score (nSPS) is 21.4. The molecule has 1 aromatic heterocycles. The van der Waals surface area contributed by atoms with E-state index < -0.39 is 0 Å². The molecule has 1 aliphatic rings. The summed E-state index contributed by atoms with van der Waals surface area (Å²) >= 11 is 0. The van der Waals surface area contributed by atoms with Crippen LogP contribution in [0, 0.1) is 0 Å². The van der Waals surface area contributed by atoms with Gasteiger partial charge in [0.25, 0.3) is 0 Å². The second kappa shape index (κ2) is 3.91. The minimum atomic E-state index is 0.575. The lowest BCUT2D eigenvalue weighted by Crippen LogP contribution is -2.29. The van der Waals surface area contributed by atoms with Crippen LogP contribution in [0.4, 0.5) is 0 Å². The summed E-state index contributed by atoms with van der Waals surface area (Å²) in [5.74, 6) is 1.81. The van der Waals surface area contributed by atoms with Crippen molar-refractivity contribution in [1.29, 1.82) is 0 Å². The molecule has 1 aliphatic heterocycles. The van der Waals surface area contributed by atoms with E-state index in [1.807, 2.05) is 0 Å². The zero-order valence-corrected chi connectivity index (χ0v) is 9.61. The Kier molecular flexibility index (Phi) is 2.40. The van der Waals surface area contributed by atoms with Crippen LogP contribution < -0.4 is 5.32 Å². The molecule has 0 unspecified atom stereocenters. The highest BCUT2D eigenvalue weighted by atomic mass is 15.1. The molecule has 16 heavy (non-hydrogen) atoms. The van der Waals surface area contributed by atoms with E-state index in [1.165, 1.54) is 24.2 Å². The standard InChI is InChI=1S/C13H17N3/c1-16-12-7-3-2-6-11(12)15-13(16)10-5-4-8-14-9-10/h2-3,6-7,10,14H,4-5,8-9H2,1H3/t10-/m0/s1. The van der Waals surface area contributed by atoms with Crippen molar-refractivity contribution in [2.45, 2.75) is 18.8 Å². The molecular weight excluding hydrogens is 198 g/mol. The van der Waals surface area contributed by atoms with Crippen LogP contribution in [-0.4, -0.2) is 22.6 Å². The first-order valence-corrected chi connectivity index (χ1v) is 5.98. The van der Waals surface area contributed by atoms with Crippen LogP contribution in [0.1, 0.15) is 24.6 Å². The maximum absolute atomic E-state index is 4.76. The SMILES string of the molecule is Cn1c([C@H]2CCCNC2)nc2ccccc21. The molecule has 3 heteroatoms. The molecule has 0 spiro atoms. The average molecular weight is 215 g/mol. The van der Waals surface area contributed by atoms with Crippen LogP contribution >= 0.6 is 0 Å². The van der Waals surface area contributed by atoms with Gasteiger partial charge in [-0.15, -0.1) is 0 Å². The second-order valence-electron chi connectivity index (χ2n) is 4.56. The van der Waals surface area contributed by atoms with E-state index in [0.717, 1.165) is 18.6 Å². The molecule has 0 aliphatic carbocycles. The molecule has 0 radical (unpaired) electrons. The van der Waals surface area contributed by atoms with Gasteiger partial charge in [-0.05, 0) is 31.5 Å². The molecule has 2 heterocycles. The minimum absolute atomic E-state index is 0.575. The number of piperidine rings is 1. The van der Waals surface area contributed by atoms with Crippen LogP contribution in [0.5, 0.6) is 0 Å². The van der Waals surface area contributed by atoms with Crippen molar-refractivity contribution in [3.05, 3.63) is 30.1 Å². The first-order chi connectivity index (χ1) is 7.86. The van der Waals surface area contributed by atoms with E-state index in [4.69, 9.17) is 4.98 Å². The zero-order chi connectivity index (χ0) is 11.0. The van der Waals surface area contributed by atoms with Crippen LogP contribution in [-0.2, 0) is 7.05 Å². The highest BCUT2D eigenvalue weighted by molar-refractivity contribution is 5.75. The van der Waals surface area contributed by atoms with Gasteiger partial charge in [0, 0.05) is 19.5 Å². The Balaban J connectivity index is 2.05. The van der Waals surface area contributed by atoms with Crippen molar-refractivity contribution in [3.63, 3.8) is 0 Å². The number of aromatic nitrogens is 2. The lowest BCUT2D eigenvalue weighted by Gasteiger charge is -2.22. The Morgan fingerprint density at radius 1 is 1.38 bits per heavy atom. The van der Waals surface area contributed by atoms with E-state index in [1.54, 1.807) is 0 Å². The summed E-state index contributed by atoms with van der Waals surface area (Å²) in [6.07, 6.45) is 2.51. The maximum Gasteiger partial charge on any atom is 0.114 e. The van der Waals surface area contributed by atoms with Crippen molar-refractivity contribution in [2.75, 3.05) is 13.1 Å². The smallest absolute Gasteiger partial charge is 0.114 e. The van der Waals surface area contributed by atoms with E-state index in [0.29, 0.717) is 5.92 Å². The van der Waals surface area contributed by atoms with Gasteiger partial charge in [0.1, 0.15) is 5.82 Å². The van der Waals surface area contributed by atoms with Crippen LogP contribution in [0.3, 0.4) is 0 Å². The Morgan fingerprint density at radius 3 is 3.00 bits per heavy atom. The predicted octanol–water partition coefficient (Wildman–Crippen LogP) is 2.04. The third-order valence-corrected chi connectivity index (χ3v) is 3.48. The summed E-state index contributed by atoms with van der Waals surface area (Å²) in [7, 11) is 2.12. The van der Waals surface area contributed by atoms with E-state index in [2.05, 4.69) is 41.2 Å². The fourth-order valence-corrected chi connectivity index (χ4v) is 2.60. The Labute approximate surface area is 95.5 Å². The predicted molar refractivity (Wildman–Crippen MR) is 65.6 cm³/mol.